The fourth-order valence-corrected chi connectivity index (χ4v) is 4.01. The van der Waals surface area contributed by atoms with Gasteiger partial charge in [0.2, 0.25) is 0 Å². The number of halogens is 1. The number of nitrogens with one attached hydrogen (secondary N) is 1. The number of hydrogen-bond donors (Lipinski definition) is 2. The fourth-order valence-electron chi connectivity index (χ4n) is 2.53. The summed E-state index contributed by atoms with van der Waals surface area (Å²) in [6, 6.07) is 7.24. The molecule has 1 amide bonds. The van der Waals surface area contributed by atoms with Gasteiger partial charge in [-0.05, 0) is 23.3 Å². The zero-order valence-corrected chi connectivity index (χ0v) is 14.6. The van der Waals surface area contributed by atoms with Gasteiger partial charge in [0.1, 0.15) is 5.69 Å². The number of hydrogen-bond acceptors (Lipinski definition) is 4. The monoisotopic (exact) mass is 395 g/mol. The summed E-state index contributed by atoms with van der Waals surface area (Å²) in [7, 11) is 1.56. The number of rotatable bonds is 3. The quantitative estimate of drug-likeness (QED) is 0.833. The Morgan fingerprint density at radius 1 is 1.43 bits per heavy atom. The number of carboxylic acid groups (broad SMARTS) is 1. The van der Waals surface area contributed by atoms with Gasteiger partial charge in [-0.2, -0.15) is 16.9 Å². The van der Waals surface area contributed by atoms with E-state index < -0.39 is 5.97 Å². The zero-order valence-electron chi connectivity index (χ0n) is 12.2. The van der Waals surface area contributed by atoms with Crippen molar-refractivity contribution in [2.24, 2.45) is 7.05 Å². The molecule has 0 aliphatic carbocycles. The first-order chi connectivity index (χ1) is 11.0. The third kappa shape index (κ3) is 3.28. The molecule has 8 heteroatoms. The molecule has 0 saturated carbocycles. The van der Waals surface area contributed by atoms with Crippen molar-refractivity contribution in [2.45, 2.75) is 11.8 Å². The average Bonchev–Trinajstić information content (AvgIpc) is 2.90. The van der Waals surface area contributed by atoms with Crippen molar-refractivity contribution >= 4 is 39.6 Å². The maximum absolute atomic E-state index is 12.5. The smallest absolute Gasteiger partial charge is 0.356 e. The Morgan fingerprint density at radius 3 is 2.91 bits per heavy atom. The summed E-state index contributed by atoms with van der Waals surface area (Å²) in [5, 5.41) is 15.8. The highest BCUT2D eigenvalue weighted by atomic mass is 79.9. The van der Waals surface area contributed by atoms with Crippen LogP contribution in [0.15, 0.2) is 28.7 Å². The number of carboxylic acids is 1. The van der Waals surface area contributed by atoms with Gasteiger partial charge in [0.05, 0.1) is 6.04 Å². The van der Waals surface area contributed by atoms with Crippen LogP contribution >= 0.6 is 27.7 Å². The molecular formula is C15H14BrN3O3S. The number of nitrogens with zero attached hydrogens (tertiary/aromatic N) is 2. The molecule has 0 spiro atoms. The van der Waals surface area contributed by atoms with E-state index in [9.17, 15) is 9.59 Å². The van der Waals surface area contributed by atoms with Gasteiger partial charge in [-0.25, -0.2) is 4.79 Å². The predicted octanol–water partition coefficient (Wildman–Crippen LogP) is 2.60. The van der Waals surface area contributed by atoms with Crippen LogP contribution in [0.1, 0.15) is 38.1 Å². The fraction of sp³-hybridized carbons (Fsp3) is 0.267. The van der Waals surface area contributed by atoms with Crippen LogP contribution < -0.4 is 5.32 Å². The lowest BCUT2D eigenvalue weighted by Crippen LogP contribution is -2.33. The second kappa shape index (κ2) is 6.37. The van der Waals surface area contributed by atoms with Gasteiger partial charge in [-0.1, -0.05) is 22.0 Å². The molecule has 2 N–H and O–H groups in total. The lowest BCUT2D eigenvalue weighted by Gasteiger charge is -2.26. The molecule has 1 aromatic carbocycles. The van der Waals surface area contributed by atoms with Gasteiger partial charge in [0.15, 0.2) is 5.69 Å². The molecule has 1 aliphatic heterocycles. The van der Waals surface area contributed by atoms with Crippen LogP contribution in [0.25, 0.3) is 0 Å². The number of fused-ring (bicyclic) bond motifs is 1. The Balaban J connectivity index is 1.84. The highest BCUT2D eigenvalue weighted by Gasteiger charge is 2.25. The molecule has 0 radical (unpaired) electrons. The Labute approximate surface area is 145 Å². The summed E-state index contributed by atoms with van der Waals surface area (Å²) >= 11 is 5.22. The summed E-state index contributed by atoms with van der Waals surface area (Å²) in [4.78, 5) is 23.4. The lowest BCUT2D eigenvalue weighted by atomic mass is 10.0. The summed E-state index contributed by atoms with van der Waals surface area (Å²) in [6.45, 7) is 0. The summed E-state index contributed by atoms with van der Waals surface area (Å²) in [5.41, 5.74) is 2.38. The molecule has 2 aromatic rings. The zero-order chi connectivity index (χ0) is 16.6. The van der Waals surface area contributed by atoms with E-state index in [0.29, 0.717) is 0 Å². The van der Waals surface area contributed by atoms with Crippen molar-refractivity contribution in [2.75, 3.05) is 5.75 Å². The molecule has 1 aromatic heterocycles. The van der Waals surface area contributed by atoms with Crippen LogP contribution in [-0.2, 0) is 12.8 Å². The van der Waals surface area contributed by atoms with Gasteiger partial charge in [0.25, 0.3) is 5.91 Å². The van der Waals surface area contributed by atoms with Crippen molar-refractivity contribution in [1.82, 2.24) is 15.1 Å². The number of benzene rings is 1. The van der Waals surface area contributed by atoms with E-state index in [4.69, 9.17) is 5.11 Å². The lowest BCUT2D eigenvalue weighted by molar-refractivity contribution is 0.0689. The highest BCUT2D eigenvalue weighted by molar-refractivity contribution is 9.10. The average molecular weight is 396 g/mol. The van der Waals surface area contributed by atoms with E-state index in [0.717, 1.165) is 21.5 Å². The molecule has 0 saturated heterocycles. The molecule has 1 aliphatic rings. The minimum atomic E-state index is -1.15. The number of thioether (sulfide) groups is 1. The molecule has 1 unspecified atom stereocenters. The molecule has 3 rings (SSSR count). The molecule has 6 nitrogen and oxygen atoms in total. The topological polar surface area (TPSA) is 84.2 Å². The Morgan fingerprint density at radius 2 is 2.22 bits per heavy atom. The first kappa shape index (κ1) is 16.1. The molecular weight excluding hydrogens is 382 g/mol. The van der Waals surface area contributed by atoms with Gasteiger partial charge in [-0.3, -0.25) is 9.48 Å². The number of aryl methyl sites for hydroxylation is 1. The second-order valence-corrected chi connectivity index (χ2v) is 7.17. The van der Waals surface area contributed by atoms with E-state index in [1.54, 1.807) is 18.8 Å². The third-order valence-electron chi connectivity index (χ3n) is 3.66. The first-order valence-electron chi connectivity index (χ1n) is 6.90. The van der Waals surface area contributed by atoms with Gasteiger partial charge >= 0.3 is 5.97 Å². The maximum atomic E-state index is 12.5. The van der Waals surface area contributed by atoms with Crippen LogP contribution in [0.2, 0.25) is 0 Å². The van der Waals surface area contributed by atoms with Gasteiger partial charge < -0.3 is 10.4 Å². The molecule has 120 valence electrons. The number of carbonyl (C=O) groups excluding carboxylic acids is 1. The normalized spacial score (nSPS) is 16.7. The van der Waals surface area contributed by atoms with E-state index >= 15 is 0 Å². The molecule has 1 atom stereocenters. The summed E-state index contributed by atoms with van der Waals surface area (Å²) in [5.74, 6) is 0.218. The van der Waals surface area contributed by atoms with Crippen LogP contribution in [0.3, 0.4) is 0 Å². The van der Waals surface area contributed by atoms with Crippen LogP contribution in [0.5, 0.6) is 0 Å². The molecule has 2 heterocycles. The predicted molar refractivity (Wildman–Crippen MR) is 90.7 cm³/mol. The minimum absolute atomic E-state index is 0.114. The van der Waals surface area contributed by atoms with E-state index in [2.05, 4.69) is 32.4 Å². The van der Waals surface area contributed by atoms with Crippen molar-refractivity contribution in [1.29, 1.82) is 0 Å². The Kier molecular flexibility index (Phi) is 4.45. The number of aromatic nitrogens is 2. The summed E-state index contributed by atoms with van der Waals surface area (Å²) in [6.07, 6.45) is 0. The third-order valence-corrected chi connectivity index (χ3v) is 5.24. The van der Waals surface area contributed by atoms with Crippen LogP contribution in [0, 0.1) is 0 Å². The minimum Gasteiger partial charge on any atom is -0.476 e. The van der Waals surface area contributed by atoms with Crippen LogP contribution in [-0.4, -0.2) is 32.5 Å². The van der Waals surface area contributed by atoms with Gasteiger partial charge in [-0.15, -0.1) is 0 Å². The SMILES string of the molecule is Cn1nc(C(=O)O)cc1C(=O)NC1CSCc2ccc(Br)cc21. The van der Waals surface area contributed by atoms with E-state index in [1.165, 1.54) is 16.3 Å². The van der Waals surface area contributed by atoms with E-state index in [-0.39, 0.29) is 23.3 Å². The van der Waals surface area contributed by atoms with Crippen molar-refractivity contribution in [3.8, 4) is 0 Å². The molecule has 0 fully saturated rings. The van der Waals surface area contributed by atoms with Crippen molar-refractivity contribution in [3.63, 3.8) is 0 Å². The largest absolute Gasteiger partial charge is 0.476 e. The second-order valence-electron chi connectivity index (χ2n) is 5.23. The molecule has 23 heavy (non-hydrogen) atoms. The highest BCUT2D eigenvalue weighted by Crippen LogP contribution is 2.33. The Bertz CT molecular complexity index is 790. The maximum Gasteiger partial charge on any atom is 0.356 e. The first-order valence-corrected chi connectivity index (χ1v) is 8.84. The van der Waals surface area contributed by atoms with E-state index in [1.807, 2.05) is 12.1 Å². The van der Waals surface area contributed by atoms with Crippen molar-refractivity contribution < 1.29 is 14.7 Å². The van der Waals surface area contributed by atoms with Gasteiger partial charge in [0, 0.05) is 29.1 Å². The standard InChI is InChI=1S/C15H14BrN3O3S/c1-19-13(5-11(18-19)15(21)22)14(20)17-12-7-23-6-8-2-3-9(16)4-10(8)12/h2-5,12H,6-7H2,1H3,(H,17,20)(H,21,22). The van der Waals surface area contributed by atoms with Crippen LogP contribution in [0.4, 0.5) is 0 Å². The number of aromatic carboxylic acids is 1. The number of amides is 1. The van der Waals surface area contributed by atoms with Crippen molar-refractivity contribution in [3.05, 3.63) is 51.3 Å². The summed E-state index contributed by atoms with van der Waals surface area (Å²) < 4.78 is 2.26. The Hall–Kier alpha value is -1.80. The molecule has 0 bridgehead atoms. The number of carbonyl (C=O) groups is 2.